The molecule has 0 aliphatic carbocycles. The van der Waals surface area contributed by atoms with Gasteiger partial charge in [-0.3, -0.25) is 4.79 Å². The summed E-state index contributed by atoms with van der Waals surface area (Å²) in [5, 5.41) is 13.2. The smallest absolute Gasteiger partial charge is 0.410 e. The van der Waals surface area contributed by atoms with E-state index in [1.807, 2.05) is 38.2 Å². The zero-order chi connectivity index (χ0) is 24.9. The van der Waals surface area contributed by atoms with Gasteiger partial charge in [-0.15, -0.1) is 11.3 Å². The predicted molar refractivity (Wildman–Crippen MR) is 131 cm³/mol. The number of methoxy groups -OCH3 is 1. The Bertz CT molecular complexity index is 1280. The molecule has 2 aromatic heterocycles. The number of aromatic nitrogens is 2. The lowest BCUT2D eigenvalue weighted by Crippen LogP contribution is -2.36. The molecule has 0 saturated carbocycles. The van der Waals surface area contributed by atoms with E-state index in [0.29, 0.717) is 35.9 Å². The first-order valence-electron chi connectivity index (χ1n) is 11.3. The second-order valence-corrected chi connectivity index (χ2v) is 9.54. The van der Waals surface area contributed by atoms with Crippen molar-refractivity contribution in [2.24, 2.45) is 7.05 Å². The zero-order valence-electron chi connectivity index (χ0n) is 19.9. The van der Waals surface area contributed by atoms with Gasteiger partial charge in [-0.25, -0.2) is 9.78 Å². The Morgan fingerprint density at radius 3 is 2.91 bits per heavy atom. The van der Waals surface area contributed by atoms with Crippen molar-refractivity contribution in [2.45, 2.75) is 38.8 Å². The van der Waals surface area contributed by atoms with Crippen LogP contribution in [0.3, 0.4) is 0 Å². The molecule has 0 spiro atoms. The van der Waals surface area contributed by atoms with E-state index in [2.05, 4.69) is 16.4 Å². The molecule has 1 aliphatic heterocycles. The van der Waals surface area contributed by atoms with Crippen LogP contribution in [0, 0.1) is 11.3 Å². The Morgan fingerprint density at radius 1 is 1.37 bits per heavy atom. The zero-order valence-corrected chi connectivity index (χ0v) is 20.7. The highest BCUT2D eigenvalue weighted by atomic mass is 32.1. The molecule has 2 amide bonds. The lowest BCUT2D eigenvalue weighted by molar-refractivity contribution is -0.116. The van der Waals surface area contributed by atoms with Crippen molar-refractivity contribution >= 4 is 28.3 Å². The van der Waals surface area contributed by atoms with E-state index in [0.717, 1.165) is 21.8 Å². The minimum atomic E-state index is -0.428. The Balaban J connectivity index is 1.39. The van der Waals surface area contributed by atoms with Gasteiger partial charge in [0.25, 0.3) is 0 Å². The molecule has 10 heteroatoms. The summed E-state index contributed by atoms with van der Waals surface area (Å²) in [6.45, 7) is 2.85. The maximum atomic E-state index is 12.8. The molecule has 35 heavy (non-hydrogen) atoms. The minimum absolute atomic E-state index is 0.0193. The molecule has 0 unspecified atom stereocenters. The van der Waals surface area contributed by atoms with Crippen LogP contribution in [-0.4, -0.2) is 40.1 Å². The SMILES string of the molecule is COc1cccc([C@@H](C)CC(=O)Nc2sc3c(c2C#N)CCN(C(=O)OCc2nccn2C)C3)c1. The van der Waals surface area contributed by atoms with Crippen LogP contribution in [0.25, 0.3) is 0 Å². The number of rotatable bonds is 7. The molecular weight excluding hydrogens is 466 g/mol. The van der Waals surface area contributed by atoms with Gasteiger partial charge < -0.3 is 24.3 Å². The predicted octanol–water partition coefficient (Wildman–Crippen LogP) is 4.19. The van der Waals surface area contributed by atoms with Crippen LogP contribution in [-0.2, 0) is 36.2 Å². The second-order valence-electron chi connectivity index (χ2n) is 8.43. The van der Waals surface area contributed by atoms with E-state index < -0.39 is 6.09 Å². The molecule has 0 saturated heterocycles. The average Bonchev–Trinajstić information content (AvgIpc) is 3.43. The maximum absolute atomic E-state index is 12.8. The minimum Gasteiger partial charge on any atom is -0.497 e. The lowest BCUT2D eigenvalue weighted by Gasteiger charge is -2.26. The number of aryl methyl sites for hydroxylation is 1. The number of hydrogen-bond donors (Lipinski definition) is 1. The Labute approximate surface area is 207 Å². The number of amides is 2. The molecule has 1 aliphatic rings. The van der Waals surface area contributed by atoms with Crippen molar-refractivity contribution < 1.29 is 19.1 Å². The van der Waals surface area contributed by atoms with Crippen molar-refractivity contribution in [1.29, 1.82) is 5.26 Å². The molecule has 1 atom stereocenters. The van der Waals surface area contributed by atoms with Gasteiger partial charge in [-0.1, -0.05) is 19.1 Å². The fraction of sp³-hybridized carbons (Fsp3) is 0.360. The van der Waals surface area contributed by atoms with Gasteiger partial charge in [0.05, 0.1) is 19.2 Å². The van der Waals surface area contributed by atoms with Crippen molar-refractivity contribution in [3.63, 3.8) is 0 Å². The molecule has 1 aromatic carbocycles. The monoisotopic (exact) mass is 493 g/mol. The van der Waals surface area contributed by atoms with Crippen LogP contribution in [0.1, 0.15) is 46.7 Å². The third kappa shape index (κ3) is 5.46. The molecular formula is C25H27N5O4S. The number of ether oxygens (including phenoxy) is 2. The quantitative estimate of drug-likeness (QED) is 0.529. The first-order chi connectivity index (χ1) is 16.9. The van der Waals surface area contributed by atoms with Gasteiger partial charge >= 0.3 is 6.09 Å². The first-order valence-corrected chi connectivity index (χ1v) is 12.1. The van der Waals surface area contributed by atoms with Crippen molar-refractivity contribution in [1.82, 2.24) is 14.5 Å². The van der Waals surface area contributed by atoms with Crippen LogP contribution in [0.15, 0.2) is 36.7 Å². The number of imidazole rings is 1. The summed E-state index contributed by atoms with van der Waals surface area (Å²) < 4.78 is 12.5. The Hall–Kier alpha value is -3.84. The van der Waals surface area contributed by atoms with E-state index in [9.17, 15) is 14.9 Å². The summed E-state index contributed by atoms with van der Waals surface area (Å²) in [6, 6.07) is 9.89. The highest BCUT2D eigenvalue weighted by Gasteiger charge is 2.28. The third-order valence-electron chi connectivity index (χ3n) is 6.08. The number of nitrogens with one attached hydrogen (secondary N) is 1. The van der Waals surface area contributed by atoms with Gasteiger partial charge in [-0.05, 0) is 35.6 Å². The molecule has 9 nitrogen and oxygen atoms in total. The van der Waals surface area contributed by atoms with E-state index in [1.54, 1.807) is 29.0 Å². The van der Waals surface area contributed by atoms with E-state index in [1.165, 1.54) is 11.3 Å². The summed E-state index contributed by atoms with van der Waals surface area (Å²) >= 11 is 1.34. The molecule has 1 N–H and O–H groups in total. The van der Waals surface area contributed by atoms with E-state index >= 15 is 0 Å². The molecule has 0 bridgehead atoms. The average molecular weight is 494 g/mol. The van der Waals surface area contributed by atoms with Gasteiger partial charge in [0.15, 0.2) is 6.61 Å². The van der Waals surface area contributed by atoms with Crippen molar-refractivity contribution in [3.8, 4) is 11.8 Å². The van der Waals surface area contributed by atoms with Crippen LogP contribution < -0.4 is 10.1 Å². The van der Waals surface area contributed by atoms with E-state index in [4.69, 9.17) is 9.47 Å². The first kappa shape index (κ1) is 24.3. The fourth-order valence-corrected chi connectivity index (χ4v) is 5.27. The Kier molecular flexibility index (Phi) is 7.36. The molecule has 0 fully saturated rings. The van der Waals surface area contributed by atoms with E-state index in [-0.39, 0.29) is 24.9 Å². The topological polar surface area (TPSA) is 109 Å². The second kappa shape index (κ2) is 10.6. The number of thiophene rings is 1. The number of benzene rings is 1. The molecule has 182 valence electrons. The van der Waals surface area contributed by atoms with Crippen LogP contribution in [0.4, 0.5) is 9.80 Å². The number of carbonyl (C=O) groups excluding carboxylic acids is 2. The highest BCUT2D eigenvalue weighted by Crippen LogP contribution is 2.37. The summed E-state index contributed by atoms with van der Waals surface area (Å²) in [5.41, 5.74) is 2.38. The molecule has 4 rings (SSSR count). The summed E-state index contributed by atoms with van der Waals surface area (Å²) in [6.07, 6.45) is 3.81. The summed E-state index contributed by atoms with van der Waals surface area (Å²) in [5.74, 6) is 1.22. The van der Waals surface area contributed by atoms with Crippen LogP contribution >= 0.6 is 11.3 Å². The van der Waals surface area contributed by atoms with Crippen LogP contribution in [0.5, 0.6) is 5.75 Å². The number of nitrogens with zero attached hydrogens (tertiary/aromatic N) is 4. The number of hydrogen-bond acceptors (Lipinski definition) is 7. The normalized spacial score (nSPS) is 13.5. The fourth-order valence-electron chi connectivity index (χ4n) is 4.04. The van der Waals surface area contributed by atoms with Gasteiger partial charge in [-0.2, -0.15) is 5.26 Å². The number of nitriles is 1. The lowest BCUT2D eigenvalue weighted by atomic mass is 9.97. The largest absolute Gasteiger partial charge is 0.497 e. The van der Waals surface area contributed by atoms with Crippen molar-refractivity contribution in [2.75, 3.05) is 19.0 Å². The molecule has 0 radical (unpaired) electrons. The number of carbonyl (C=O) groups is 2. The highest BCUT2D eigenvalue weighted by molar-refractivity contribution is 7.16. The van der Waals surface area contributed by atoms with Crippen LogP contribution in [0.2, 0.25) is 0 Å². The van der Waals surface area contributed by atoms with Gasteiger partial charge in [0.2, 0.25) is 5.91 Å². The molecule has 3 heterocycles. The number of anilines is 1. The third-order valence-corrected chi connectivity index (χ3v) is 7.21. The van der Waals surface area contributed by atoms with Gasteiger partial charge in [0.1, 0.15) is 22.6 Å². The summed E-state index contributed by atoms with van der Waals surface area (Å²) in [4.78, 5) is 32.0. The number of fused-ring (bicyclic) bond motifs is 1. The van der Waals surface area contributed by atoms with Crippen molar-refractivity contribution in [3.05, 3.63) is 64.1 Å². The standard InChI is InChI=1S/C25H27N5O4S/c1-16(17-5-4-6-18(12-17)33-3)11-23(31)28-24-20(13-26)19-7-9-30(14-21(19)35-24)25(32)34-15-22-27-8-10-29(22)2/h4-6,8,10,12,16H,7,9,11,14-15H2,1-3H3,(H,28,31)/t16-/m0/s1. The maximum Gasteiger partial charge on any atom is 0.410 e. The van der Waals surface area contributed by atoms with Gasteiger partial charge in [0, 0.05) is 37.3 Å². The molecule has 3 aromatic rings. The summed E-state index contributed by atoms with van der Waals surface area (Å²) in [7, 11) is 3.45. The Morgan fingerprint density at radius 2 is 2.20 bits per heavy atom.